The second-order valence-corrected chi connectivity index (χ2v) is 32.8. The van der Waals surface area contributed by atoms with Crippen LogP contribution in [0.3, 0.4) is 0 Å². The molecule has 2 aliphatic rings. The summed E-state index contributed by atoms with van der Waals surface area (Å²) in [6.45, 7) is 27.3. The van der Waals surface area contributed by atoms with Gasteiger partial charge in [-0.15, -0.1) is 0 Å². The number of hydrogen-bond acceptors (Lipinski definition) is 11. The van der Waals surface area contributed by atoms with Gasteiger partial charge in [-0.05, 0) is 87.2 Å². The number of hydrogen-bond donors (Lipinski definition) is 1. The van der Waals surface area contributed by atoms with Gasteiger partial charge in [0.15, 0.2) is 0 Å². The van der Waals surface area contributed by atoms with E-state index in [9.17, 15) is 19.3 Å². The van der Waals surface area contributed by atoms with E-state index in [1.807, 2.05) is 26.8 Å². The fraction of sp³-hybridized carbons (Fsp3) is 0.600. The van der Waals surface area contributed by atoms with Gasteiger partial charge in [0.25, 0.3) is 0 Å². The Morgan fingerprint density at radius 3 is 1.46 bits per heavy atom. The maximum Gasteiger partial charge on any atom is 0.342 e. The van der Waals surface area contributed by atoms with Crippen molar-refractivity contribution in [3.63, 3.8) is 0 Å². The molecule has 0 fully saturated rings. The summed E-state index contributed by atoms with van der Waals surface area (Å²) in [5.74, 6) is 1.98. The molecule has 11 nitrogen and oxygen atoms in total. The molecular formula is C45H71O11PSi2. The summed E-state index contributed by atoms with van der Waals surface area (Å²) in [4.78, 5) is 25.0. The van der Waals surface area contributed by atoms with Gasteiger partial charge < -0.3 is 42.8 Å². The number of rotatable bonds is 21. The first-order valence-corrected chi connectivity index (χ1v) is 30.9. The molecule has 1 N–H and O–H groups in total. The van der Waals surface area contributed by atoms with E-state index in [2.05, 4.69) is 52.3 Å². The standard InChI is InChI=1S/C24H39O6PSi.C21H32O5Si/c1-9-18(14-28-16-31(4,5)26)10-11-19-22(27-3)17(2)20-15-30-24(25)21(20)23(19)29-12-13-32(6,7)8;1-7-15(12-22)8-9-16-19(24-3)14(2)17-13-26-21(23)18(17)20(16)25-10-11-27(4,5)6/h10H,9,11-16H2,1-8H3;8,22H,7,9-13H2,1-6H3/b18-10+;15-8+. The normalized spacial score (nSPS) is 14.3. The predicted octanol–water partition coefficient (Wildman–Crippen LogP) is 10.1. The Bertz CT molecular complexity index is 1910. The second kappa shape index (κ2) is 21.9. The number of allylic oxidation sites excluding steroid dienone is 2. The van der Waals surface area contributed by atoms with E-state index in [0.29, 0.717) is 55.3 Å². The minimum atomic E-state index is -2.22. The van der Waals surface area contributed by atoms with Crippen LogP contribution in [-0.4, -0.2) is 93.5 Å². The molecule has 0 unspecified atom stereocenters. The smallest absolute Gasteiger partial charge is 0.342 e. The van der Waals surface area contributed by atoms with Gasteiger partial charge in [0, 0.05) is 38.4 Å². The fourth-order valence-corrected chi connectivity index (χ4v) is 8.73. The van der Waals surface area contributed by atoms with Crippen molar-refractivity contribution in [3.8, 4) is 23.0 Å². The third kappa shape index (κ3) is 14.1. The van der Waals surface area contributed by atoms with Crippen molar-refractivity contribution in [1.29, 1.82) is 0 Å². The van der Waals surface area contributed by atoms with Crippen LogP contribution >= 0.6 is 7.14 Å². The van der Waals surface area contributed by atoms with Crippen molar-refractivity contribution >= 4 is 35.2 Å². The van der Waals surface area contributed by atoms with E-state index in [1.54, 1.807) is 27.5 Å². The molecule has 0 saturated heterocycles. The lowest BCUT2D eigenvalue weighted by atomic mass is 9.94. The predicted molar refractivity (Wildman–Crippen MR) is 243 cm³/mol. The lowest BCUT2D eigenvalue weighted by Gasteiger charge is -2.21. The number of fused-ring (bicyclic) bond motifs is 2. The molecule has 2 aromatic carbocycles. The van der Waals surface area contributed by atoms with Crippen LogP contribution in [0.15, 0.2) is 23.3 Å². The molecule has 0 bridgehead atoms. The average Bonchev–Trinajstić information content (AvgIpc) is 3.74. The molecule has 14 heteroatoms. The fourth-order valence-electron chi connectivity index (χ4n) is 6.77. The zero-order valence-corrected chi connectivity index (χ0v) is 41.2. The number of aliphatic hydroxyl groups excluding tert-OH is 1. The monoisotopic (exact) mass is 874 g/mol. The number of aliphatic hydroxyl groups is 1. The molecule has 59 heavy (non-hydrogen) atoms. The summed E-state index contributed by atoms with van der Waals surface area (Å²) in [5, 5.41) is 9.48. The molecule has 4 rings (SSSR count). The number of cyclic esters (lactones) is 2. The van der Waals surface area contributed by atoms with E-state index in [-0.39, 0.29) is 38.1 Å². The summed E-state index contributed by atoms with van der Waals surface area (Å²) in [7, 11) is -1.50. The molecule has 0 amide bonds. The van der Waals surface area contributed by atoms with Gasteiger partial charge in [-0.3, -0.25) is 0 Å². The van der Waals surface area contributed by atoms with E-state index in [0.717, 1.165) is 81.0 Å². The molecule has 330 valence electrons. The quantitative estimate of drug-likeness (QED) is 0.0556. The Morgan fingerprint density at radius 2 is 1.12 bits per heavy atom. The van der Waals surface area contributed by atoms with Crippen LogP contribution in [-0.2, 0) is 44.8 Å². The van der Waals surface area contributed by atoms with Gasteiger partial charge in [-0.1, -0.05) is 65.3 Å². The van der Waals surface area contributed by atoms with Crippen LogP contribution in [0.1, 0.15) is 80.8 Å². The van der Waals surface area contributed by atoms with Crippen molar-refractivity contribution in [2.75, 3.05) is 60.3 Å². The number of esters is 2. The van der Waals surface area contributed by atoms with E-state index in [1.165, 1.54) is 0 Å². The van der Waals surface area contributed by atoms with Gasteiger partial charge in [-0.25, -0.2) is 9.59 Å². The Hall–Kier alpha value is -3.36. The van der Waals surface area contributed by atoms with Crippen LogP contribution in [0.25, 0.3) is 0 Å². The number of methoxy groups -OCH3 is 2. The van der Waals surface area contributed by atoms with Gasteiger partial charge in [0.1, 0.15) is 54.5 Å². The number of ether oxygens (including phenoxy) is 7. The minimum Gasteiger partial charge on any atom is -0.496 e. The summed E-state index contributed by atoms with van der Waals surface area (Å²) >= 11 is 0. The van der Waals surface area contributed by atoms with Gasteiger partial charge in [0.2, 0.25) is 0 Å². The second-order valence-electron chi connectivity index (χ2n) is 18.2. The molecule has 0 atom stereocenters. The largest absolute Gasteiger partial charge is 0.496 e. The zero-order chi connectivity index (χ0) is 44.3. The van der Waals surface area contributed by atoms with E-state index < -0.39 is 23.3 Å². The highest BCUT2D eigenvalue weighted by molar-refractivity contribution is 7.62. The maximum atomic E-state index is 12.6. The van der Waals surface area contributed by atoms with Crippen LogP contribution in [0.5, 0.6) is 23.0 Å². The first-order chi connectivity index (χ1) is 27.6. The molecule has 0 spiro atoms. The lowest BCUT2D eigenvalue weighted by Crippen LogP contribution is -2.23. The molecular weight excluding hydrogens is 804 g/mol. The van der Waals surface area contributed by atoms with Crippen molar-refractivity contribution in [1.82, 2.24) is 0 Å². The molecule has 2 aromatic rings. The van der Waals surface area contributed by atoms with E-state index in [4.69, 9.17) is 33.2 Å². The average molecular weight is 875 g/mol. The van der Waals surface area contributed by atoms with Crippen LogP contribution in [0, 0.1) is 13.8 Å². The van der Waals surface area contributed by atoms with Gasteiger partial charge >= 0.3 is 11.9 Å². The van der Waals surface area contributed by atoms with Crippen LogP contribution in [0.4, 0.5) is 0 Å². The molecule has 0 aromatic heterocycles. The highest BCUT2D eigenvalue weighted by Crippen LogP contribution is 2.45. The molecule has 0 radical (unpaired) electrons. The molecule has 0 saturated carbocycles. The molecule has 2 aliphatic heterocycles. The minimum absolute atomic E-state index is 0.0244. The molecule has 0 aliphatic carbocycles. The summed E-state index contributed by atoms with van der Waals surface area (Å²) in [6.07, 6.45) is 7.05. The Morgan fingerprint density at radius 1 is 0.712 bits per heavy atom. The SMILES string of the molecule is CC/C(=C\Cc1c(OC)c(C)c2c(c1OCC[Si](C)(C)C)C(=O)OC2)CO.CC/C(=C\Cc1c(OC)c(C)c2c(c1OCC[Si](C)(C)C)C(=O)OC2)COCP(C)(C)=O. The van der Waals surface area contributed by atoms with Gasteiger partial charge in [0.05, 0.1) is 47.0 Å². The van der Waals surface area contributed by atoms with Crippen LogP contribution < -0.4 is 18.9 Å². The van der Waals surface area contributed by atoms with Crippen molar-refractivity contribution in [2.24, 2.45) is 0 Å². The number of carbonyl (C=O) groups is 2. The third-order valence-corrected chi connectivity index (χ3v) is 14.7. The van der Waals surface area contributed by atoms with Crippen molar-refractivity contribution < 1.29 is 52.4 Å². The first-order valence-electron chi connectivity index (χ1n) is 20.7. The lowest BCUT2D eigenvalue weighted by molar-refractivity contribution is 0.0522. The zero-order valence-electron chi connectivity index (χ0n) is 38.3. The summed E-state index contributed by atoms with van der Waals surface area (Å²) < 4.78 is 52.2. The Kier molecular flexibility index (Phi) is 18.6. The highest BCUT2D eigenvalue weighted by Gasteiger charge is 2.35. The Labute approximate surface area is 355 Å². The Balaban J connectivity index is 0.000000320. The third-order valence-electron chi connectivity index (χ3n) is 10.4. The topological polar surface area (TPSA) is 136 Å². The number of carbonyl (C=O) groups excluding carboxylic acids is 2. The molecule has 2 heterocycles. The summed E-state index contributed by atoms with van der Waals surface area (Å²) in [5.41, 5.74) is 8.38. The highest BCUT2D eigenvalue weighted by atomic mass is 31.2. The maximum absolute atomic E-state index is 12.6. The van der Waals surface area contributed by atoms with Crippen molar-refractivity contribution in [3.05, 3.63) is 67.8 Å². The first kappa shape index (κ1) is 50.0. The summed E-state index contributed by atoms with van der Waals surface area (Å²) in [6, 6.07) is 1.99. The van der Waals surface area contributed by atoms with Crippen molar-refractivity contribution in [2.45, 2.75) is 118 Å². The number of benzene rings is 2. The van der Waals surface area contributed by atoms with E-state index >= 15 is 0 Å². The van der Waals surface area contributed by atoms with Crippen LogP contribution in [0.2, 0.25) is 51.4 Å². The van der Waals surface area contributed by atoms with Gasteiger partial charge in [-0.2, -0.15) is 0 Å².